The highest BCUT2D eigenvalue weighted by molar-refractivity contribution is 5.94. The van der Waals surface area contributed by atoms with Crippen molar-refractivity contribution in [1.29, 1.82) is 0 Å². The number of likely N-dealkylation sites (N-methyl/N-ethyl adjacent to an activating group) is 1. The second-order valence-corrected chi connectivity index (χ2v) is 6.35. The van der Waals surface area contributed by atoms with E-state index in [9.17, 15) is 4.79 Å². The van der Waals surface area contributed by atoms with Crippen molar-refractivity contribution in [2.75, 3.05) is 11.9 Å². The fraction of sp³-hybridized carbons (Fsp3) is 0.300. The molecule has 0 N–H and O–H groups in total. The lowest BCUT2D eigenvalue weighted by atomic mass is 10.1. The number of carbonyl (C=O) groups excluding carboxylic acids is 1. The average molecular weight is 317 g/mol. The smallest absolute Gasteiger partial charge is 0.322 e. The minimum absolute atomic E-state index is 0.0559. The molecule has 2 amide bonds. The zero-order valence-electron chi connectivity index (χ0n) is 13.6. The Hall–Kier alpha value is -2.80. The second-order valence-electron chi connectivity index (χ2n) is 6.35. The van der Waals surface area contributed by atoms with Crippen molar-refractivity contribution in [3.05, 3.63) is 59.8 Å². The van der Waals surface area contributed by atoms with Crippen molar-refractivity contribution < 1.29 is 4.79 Å². The van der Waals surface area contributed by atoms with Crippen LogP contribution in [0.3, 0.4) is 0 Å². The first-order valence-corrected chi connectivity index (χ1v) is 8.33. The standard InChI is InChI=1S/C20H19N3O/c1-22-17-8-5-9-18(17)23(20(22)24)19-13-12-16(14-21-19)11-10-15-6-3-2-4-7-15/h2-4,6-7,12-14,17-18H,5,8-9H2,1H3/t17-,18+/m0/s1. The molecule has 4 nitrogen and oxygen atoms in total. The Balaban J connectivity index is 1.56. The van der Waals surface area contributed by atoms with Crippen LogP contribution in [0.4, 0.5) is 10.6 Å². The molecular weight excluding hydrogens is 298 g/mol. The molecule has 0 bridgehead atoms. The highest BCUT2D eigenvalue weighted by Gasteiger charge is 2.47. The van der Waals surface area contributed by atoms with Gasteiger partial charge in [0, 0.05) is 24.4 Å². The van der Waals surface area contributed by atoms with Gasteiger partial charge in [-0.15, -0.1) is 0 Å². The van der Waals surface area contributed by atoms with E-state index in [1.807, 2.05) is 59.3 Å². The molecule has 1 aromatic heterocycles. The third kappa shape index (κ3) is 2.52. The average Bonchev–Trinajstić information content (AvgIpc) is 3.18. The van der Waals surface area contributed by atoms with Crippen LogP contribution in [-0.4, -0.2) is 35.0 Å². The van der Waals surface area contributed by atoms with E-state index in [0.717, 1.165) is 29.8 Å². The molecule has 1 saturated heterocycles. The van der Waals surface area contributed by atoms with Gasteiger partial charge in [0.05, 0.1) is 12.1 Å². The molecule has 0 unspecified atom stereocenters. The van der Waals surface area contributed by atoms with E-state index in [1.54, 1.807) is 6.20 Å². The maximum atomic E-state index is 12.5. The minimum atomic E-state index is 0.0559. The molecule has 2 fully saturated rings. The summed E-state index contributed by atoms with van der Waals surface area (Å²) in [7, 11) is 1.89. The number of benzene rings is 1. The van der Waals surface area contributed by atoms with Crippen molar-refractivity contribution >= 4 is 11.8 Å². The van der Waals surface area contributed by atoms with Gasteiger partial charge in [-0.05, 0) is 43.5 Å². The molecule has 1 aliphatic heterocycles. The lowest BCUT2D eigenvalue weighted by molar-refractivity contribution is 0.218. The summed E-state index contributed by atoms with van der Waals surface area (Å²) >= 11 is 0. The van der Waals surface area contributed by atoms with Crippen LogP contribution < -0.4 is 4.90 Å². The number of carbonyl (C=O) groups is 1. The summed E-state index contributed by atoms with van der Waals surface area (Å²) in [6.07, 6.45) is 5.06. The van der Waals surface area contributed by atoms with Crippen molar-refractivity contribution in [1.82, 2.24) is 9.88 Å². The summed E-state index contributed by atoms with van der Waals surface area (Å²) in [6, 6.07) is 14.4. The maximum absolute atomic E-state index is 12.5. The molecule has 2 atom stereocenters. The molecule has 0 spiro atoms. The Morgan fingerprint density at radius 3 is 2.50 bits per heavy atom. The lowest BCUT2D eigenvalue weighted by Gasteiger charge is -2.20. The van der Waals surface area contributed by atoms with Gasteiger partial charge in [-0.1, -0.05) is 30.0 Å². The van der Waals surface area contributed by atoms with Gasteiger partial charge in [-0.2, -0.15) is 0 Å². The van der Waals surface area contributed by atoms with Gasteiger partial charge >= 0.3 is 6.03 Å². The second kappa shape index (κ2) is 6.01. The van der Waals surface area contributed by atoms with Crippen LogP contribution in [-0.2, 0) is 0 Å². The summed E-state index contributed by atoms with van der Waals surface area (Å²) in [4.78, 5) is 20.7. The van der Waals surface area contributed by atoms with Crippen molar-refractivity contribution in [2.24, 2.45) is 0 Å². The molecule has 1 aromatic carbocycles. The highest BCUT2D eigenvalue weighted by atomic mass is 16.2. The van der Waals surface area contributed by atoms with Gasteiger partial charge in [0.1, 0.15) is 5.82 Å². The molecule has 2 aromatic rings. The normalized spacial score (nSPS) is 22.3. The minimum Gasteiger partial charge on any atom is -0.322 e. The summed E-state index contributed by atoms with van der Waals surface area (Å²) in [6.45, 7) is 0. The first kappa shape index (κ1) is 14.8. The number of pyridine rings is 1. The van der Waals surface area contributed by atoms with E-state index in [2.05, 4.69) is 16.8 Å². The molecule has 24 heavy (non-hydrogen) atoms. The first-order chi connectivity index (χ1) is 11.7. The van der Waals surface area contributed by atoms with Crippen molar-refractivity contribution in [2.45, 2.75) is 31.3 Å². The Bertz CT molecular complexity index is 804. The fourth-order valence-corrected chi connectivity index (χ4v) is 3.66. The maximum Gasteiger partial charge on any atom is 0.326 e. The summed E-state index contributed by atoms with van der Waals surface area (Å²) in [5.74, 6) is 6.97. The molecule has 1 saturated carbocycles. The van der Waals surface area contributed by atoms with Crippen LogP contribution in [0.15, 0.2) is 48.7 Å². The predicted molar refractivity (Wildman–Crippen MR) is 93.7 cm³/mol. The highest BCUT2D eigenvalue weighted by Crippen LogP contribution is 2.36. The van der Waals surface area contributed by atoms with E-state index < -0.39 is 0 Å². The SMILES string of the molecule is CN1C(=O)N(c2ccc(C#Cc3ccccc3)cn2)[C@@H]2CCC[C@@H]21. The topological polar surface area (TPSA) is 36.4 Å². The molecule has 2 aliphatic rings. The summed E-state index contributed by atoms with van der Waals surface area (Å²) < 4.78 is 0. The molecule has 2 heterocycles. The molecular formula is C20H19N3O. The lowest BCUT2D eigenvalue weighted by Crippen LogP contribution is -2.34. The van der Waals surface area contributed by atoms with Crippen LogP contribution >= 0.6 is 0 Å². The van der Waals surface area contributed by atoms with Gasteiger partial charge in [-0.25, -0.2) is 9.78 Å². The quantitative estimate of drug-likeness (QED) is 0.757. The summed E-state index contributed by atoms with van der Waals surface area (Å²) in [5, 5.41) is 0. The fourth-order valence-electron chi connectivity index (χ4n) is 3.66. The Labute approximate surface area is 142 Å². The number of urea groups is 1. The number of amides is 2. The molecule has 120 valence electrons. The Morgan fingerprint density at radius 2 is 1.75 bits per heavy atom. The van der Waals surface area contributed by atoms with Crippen LogP contribution in [0.1, 0.15) is 30.4 Å². The number of hydrogen-bond donors (Lipinski definition) is 0. The Kier molecular flexibility index (Phi) is 3.70. The van der Waals surface area contributed by atoms with E-state index in [-0.39, 0.29) is 12.1 Å². The number of hydrogen-bond acceptors (Lipinski definition) is 2. The monoisotopic (exact) mass is 317 g/mol. The van der Waals surface area contributed by atoms with Crippen LogP contribution in [0.5, 0.6) is 0 Å². The summed E-state index contributed by atoms with van der Waals surface area (Å²) in [5.41, 5.74) is 1.83. The third-order valence-corrected chi connectivity index (χ3v) is 4.90. The zero-order chi connectivity index (χ0) is 16.5. The van der Waals surface area contributed by atoms with E-state index in [4.69, 9.17) is 0 Å². The van der Waals surface area contributed by atoms with Crippen molar-refractivity contribution in [3.63, 3.8) is 0 Å². The van der Waals surface area contributed by atoms with E-state index in [1.165, 1.54) is 6.42 Å². The van der Waals surface area contributed by atoms with Gasteiger partial charge in [0.2, 0.25) is 0 Å². The molecule has 4 heteroatoms. The number of aromatic nitrogens is 1. The molecule has 1 aliphatic carbocycles. The molecule has 4 rings (SSSR count). The number of fused-ring (bicyclic) bond motifs is 1. The number of anilines is 1. The zero-order valence-corrected chi connectivity index (χ0v) is 13.6. The third-order valence-electron chi connectivity index (χ3n) is 4.90. The first-order valence-electron chi connectivity index (χ1n) is 8.33. The van der Waals surface area contributed by atoms with E-state index >= 15 is 0 Å². The van der Waals surface area contributed by atoms with Crippen LogP contribution in [0, 0.1) is 11.8 Å². The van der Waals surface area contributed by atoms with Crippen LogP contribution in [0.25, 0.3) is 0 Å². The number of nitrogens with zero attached hydrogens (tertiary/aromatic N) is 3. The predicted octanol–water partition coefficient (Wildman–Crippen LogP) is 3.27. The van der Waals surface area contributed by atoms with Gasteiger partial charge < -0.3 is 4.90 Å². The van der Waals surface area contributed by atoms with Gasteiger partial charge in [0.25, 0.3) is 0 Å². The van der Waals surface area contributed by atoms with Crippen molar-refractivity contribution in [3.8, 4) is 11.8 Å². The largest absolute Gasteiger partial charge is 0.326 e. The van der Waals surface area contributed by atoms with E-state index in [0.29, 0.717) is 6.04 Å². The Morgan fingerprint density at radius 1 is 1.00 bits per heavy atom. The van der Waals surface area contributed by atoms with Crippen LogP contribution in [0.2, 0.25) is 0 Å². The van der Waals surface area contributed by atoms with Gasteiger partial charge in [-0.3, -0.25) is 4.90 Å². The number of rotatable bonds is 1. The van der Waals surface area contributed by atoms with Gasteiger partial charge in [0.15, 0.2) is 0 Å². The molecule has 0 radical (unpaired) electrons.